The molecule has 0 aliphatic rings. The summed E-state index contributed by atoms with van der Waals surface area (Å²) < 4.78 is 4.60. The van der Waals surface area contributed by atoms with Crippen LogP contribution in [0.25, 0.3) is 0 Å². The number of hydrogen-bond donors (Lipinski definition) is 2. The molecule has 0 bridgehead atoms. The van der Waals surface area contributed by atoms with Crippen LogP contribution in [0.2, 0.25) is 15.3 Å². The molecule has 0 spiro atoms. The largest absolute Gasteiger partial charge is 0.330 e. The first-order chi connectivity index (χ1) is 8.54. The number of amides is 2. The van der Waals surface area contributed by atoms with Gasteiger partial charge in [-0.1, -0.05) is 23.2 Å². The van der Waals surface area contributed by atoms with Gasteiger partial charge in [0.25, 0.3) is 5.28 Å². The highest BCUT2D eigenvalue weighted by Gasteiger charge is 2.10. The first-order valence-electron chi connectivity index (χ1n) is 4.57. The predicted octanol–water partition coefficient (Wildman–Crippen LogP) is 3.67. The van der Waals surface area contributed by atoms with Crippen LogP contribution in [0.4, 0.5) is 16.5 Å². The summed E-state index contributed by atoms with van der Waals surface area (Å²) in [5.74, 6) is 0. The van der Waals surface area contributed by atoms with E-state index >= 15 is 0 Å². The number of hydrogen-bond acceptors (Lipinski definition) is 4. The predicted molar refractivity (Wildman–Crippen MR) is 68.4 cm³/mol. The average Bonchev–Trinajstić information content (AvgIpc) is 2.68. The Hall–Kier alpha value is -1.50. The van der Waals surface area contributed by atoms with Crippen molar-refractivity contribution in [2.45, 2.75) is 0 Å². The number of urea groups is 1. The van der Waals surface area contributed by atoms with Crippen molar-refractivity contribution < 1.29 is 9.32 Å². The van der Waals surface area contributed by atoms with Gasteiger partial charge in [-0.2, -0.15) is 4.98 Å². The number of aromatic nitrogens is 2. The van der Waals surface area contributed by atoms with E-state index in [1.807, 2.05) is 0 Å². The highest BCUT2D eigenvalue weighted by molar-refractivity contribution is 6.36. The van der Waals surface area contributed by atoms with Gasteiger partial charge in [0, 0.05) is 5.02 Å². The molecule has 0 aliphatic carbocycles. The van der Waals surface area contributed by atoms with Crippen molar-refractivity contribution >= 4 is 52.5 Å². The third-order valence-electron chi connectivity index (χ3n) is 1.80. The quantitative estimate of drug-likeness (QED) is 0.887. The summed E-state index contributed by atoms with van der Waals surface area (Å²) in [5.41, 5.74) is 0.393. The van der Waals surface area contributed by atoms with E-state index in [1.165, 1.54) is 6.07 Å². The standard InChI is InChI=1S/C9H5Cl3N4O2/c10-4-1-2-6(5(11)3-4)13-8(17)15-9-14-7(12)16-18-9/h1-3H,(H2,13,14,15,16,17). The van der Waals surface area contributed by atoms with Crippen LogP contribution >= 0.6 is 34.8 Å². The summed E-state index contributed by atoms with van der Waals surface area (Å²) in [7, 11) is 0. The number of carbonyl (C=O) groups is 1. The van der Waals surface area contributed by atoms with Gasteiger partial charge in [-0.05, 0) is 35.0 Å². The van der Waals surface area contributed by atoms with Crippen LogP contribution in [-0.4, -0.2) is 16.2 Å². The molecule has 6 nitrogen and oxygen atoms in total. The lowest BCUT2D eigenvalue weighted by molar-refractivity contribution is 0.261. The SMILES string of the molecule is O=C(Nc1nc(Cl)no1)Nc1ccc(Cl)cc1Cl. The van der Waals surface area contributed by atoms with E-state index < -0.39 is 6.03 Å². The maximum Gasteiger partial charge on any atom is 0.330 e. The van der Waals surface area contributed by atoms with Crippen molar-refractivity contribution in [2.75, 3.05) is 10.6 Å². The zero-order valence-electron chi connectivity index (χ0n) is 8.58. The Kier molecular flexibility index (Phi) is 3.90. The second kappa shape index (κ2) is 5.43. The van der Waals surface area contributed by atoms with E-state index in [-0.39, 0.29) is 11.3 Å². The number of benzene rings is 1. The molecule has 1 heterocycles. The van der Waals surface area contributed by atoms with E-state index in [9.17, 15) is 4.79 Å². The highest BCUT2D eigenvalue weighted by Crippen LogP contribution is 2.25. The molecule has 0 fully saturated rings. The van der Waals surface area contributed by atoms with Crippen LogP contribution in [0.5, 0.6) is 0 Å². The Bertz CT molecular complexity index is 587. The molecule has 0 unspecified atom stereocenters. The van der Waals surface area contributed by atoms with Crippen LogP contribution in [0.15, 0.2) is 22.7 Å². The fraction of sp³-hybridized carbons (Fsp3) is 0. The Labute approximate surface area is 116 Å². The smallest absolute Gasteiger partial charge is 0.314 e. The van der Waals surface area contributed by atoms with Gasteiger partial charge in [0.2, 0.25) is 0 Å². The molecule has 0 saturated heterocycles. The number of nitrogens with zero attached hydrogens (tertiary/aromatic N) is 2. The van der Waals surface area contributed by atoms with E-state index in [2.05, 4.69) is 25.3 Å². The molecule has 1 aromatic heterocycles. The summed E-state index contributed by atoms with van der Waals surface area (Å²) >= 11 is 17.0. The van der Waals surface area contributed by atoms with Crippen molar-refractivity contribution in [3.8, 4) is 0 Å². The Balaban J connectivity index is 2.03. The maximum absolute atomic E-state index is 11.5. The van der Waals surface area contributed by atoms with Gasteiger partial charge in [0.15, 0.2) is 0 Å². The third kappa shape index (κ3) is 3.25. The minimum absolute atomic E-state index is 0.102. The minimum atomic E-state index is -0.598. The maximum atomic E-state index is 11.5. The molecule has 0 aliphatic heterocycles. The zero-order chi connectivity index (χ0) is 13.1. The molecule has 2 rings (SSSR count). The third-order valence-corrected chi connectivity index (χ3v) is 2.50. The van der Waals surface area contributed by atoms with Gasteiger partial charge in [-0.15, -0.1) is 0 Å². The molecule has 94 valence electrons. The highest BCUT2D eigenvalue weighted by atomic mass is 35.5. The first kappa shape index (κ1) is 12.9. The lowest BCUT2D eigenvalue weighted by Gasteiger charge is -2.06. The Morgan fingerprint density at radius 3 is 2.61 bits per heavy atom. The molecule has 9 heteroatoms. The van der Waals surface area contributed by atoms with E-state index in [0.29, 0.717) is 15.7 Å². The van der Waals surface area contributed by atoms with Gasteiger partial charge < -0.3 is 9.84 Å². The van der Waals surface area contributed by atoms with Crippen LogP contribution in [-0.2, 0) is 0 Å². The van der Waals surface area contributed by atoms with E-state index in [0.717, 1.165) is 0 Å². The fourth-order valence-corrected chi connectivity index (χ4v) is 1.66. The molecule has 1 aromatic carbocycles. The van der Waals surface area contributed by atoms with Crippen molar-refractivity contribution in [3.63, 3.8) is 0 Å². The minimum Gasteiger partial charge on any atom is -0.314 e. The number of rotatable bonds is 2. The van der Waals surface area contributed by atoms with E-state index in [4.69, 9.17) is 34.8 Å². The van der Waals surface area contributed by atoms with Crippen molar-refractivity contribution in [2.24, 2.45) is 0 Å². The lowest BCUT2D eigenvalue weighted by Crippen LogP contribution is -2.19. The molecule has 0 saturated carbocycles. The van der Waals surface area contributed by atoms with Crippen molar-refractivity contribution in [3.05, 3.63) is 33.5 Å². The van der Waals surface area contributed by atoms with Crippen molar-refractivity contribution in [1.82, 2.24) is 10.1 Å². The fourth-order valence-electron chi connectivity index (χ4n) is 1.10. The summed E-state index contributed by atoms with van der Waals surface area (Å²) in [5, 5.41) is 8.74. The molecular formula is C9H5Cl3N4O2. The van der Waals surface area contributed by atoms with Gasteiger partial charge in [-0.25, -0.2) is 4.79 Å². The van der Waals surface area contributed by atoms with Crippen LogP contribution < -0.4 is 10.6 Å². The molecule has 0 radical (unpaired) electrons. The monoisotopic (exact) mass is 306 g/mol. The molecule has 2 aromatic rings. The average molecular weight is 308 g/mol. The molecule has 2 amide bonds. The van der Waals surface area contributed by atoms with Crippen LogP contribution in [0, 0.1) is 0 Å². The van der Waals surface area contributed by atoms with Gasteiger partial charge in [0.1, 0.15) is 0 Å². The molecule has 18 heavy (non-hydrogen) atoms. The number of nitrogens with one attached hydrogen (secondary N) is 2. The van der Waals surface area contributed by atoms with Crippen molar-refractivity contribution in [1.29, 1.82) is 0 Å². The molecule has 0 atom stereocenters. The summed E-state index contributed by atoms with van der Waals surface area (Å²) in [6.07, 6.45) is 0. The summed E-state index contributed by atoms with van der Waals surface area (Å²) in [6.45, 7) is 0. The van der Waals surface area contributed by atoms with Crippen LogP contribution in [0.3, 0.4) is 0 Å². The topological polar surface area (TPSA) is 80.1 Å². The van der Waals surface area contributed by atoms with Gasteiger partial charge >= 0.3 is 12.0 Å². The number of halogens is 3. The van der Waals surface area contributed by atoms with Gasteiger partial charge in [-0.3, -0.25) is 5.32 Å². The molecule has 2 N–H and O–H groups in total. The first-order valence-corrected chi connectivity index (χ1v) is 5.70. The zero-order valence-corrected chi connectivity index (χ0v) is 10.8. The Morgan fingerprint density at radius 1 is 1.22 bits per heavy atom. The second-order valence-corrected chi connectivity index (χ2v) is 4.25. The second-order valence-electron chi connectivity index (χ2n) is 3.07. The molecular weight excluding hydrogens is 302 g/mol. The normalized spacial score (nSPS) is 10.2. The van der Waals surface area contributed by atoms with Crippen LogP contribution in [0.1, 0.15) is 0 Å². The summed E-state index contributed by atoms with van der Waals surface area (Å²) in [6, 6.07) is 3.93. The number of anilines is 2. The lowest BCUT2D eigenvalue weighted by atomic mass is 10.3. The van der Waals surface area contributed by atoms with Gasteiger partial charge in [0.05, 0.1) is 10.7 Å². The summed E-state index contributed by atoms with van der Waals surface area (Å²) in [4.78, 5) is 15.1. The Morgan fingerprint density at radius 2 is 2.00 bits per heavy atom. The number of carbonyl (C=O) groups excluding carboxylic acids is 1. The van der Waals surface area contributed by atoms with E-state index in [1.54, 1.807) is 12.1 Å².